The molecule has 3 aromatic heterocycles. The zero-order valence-corrected chi connectivity index (χ0v) is 15.8. The predicted octanol–water partition coefficient (Wildman–Crippen LogP) is 5.67. The molecule has 0 aliphatic carbocycles. The van der Waals surface area contributed by atoms with Crippen molar-refractivity contribution in [2.75, 3.05) is 0 Å². The molecule has 0 N–H and O–H groups in total. The molecule has 9 heteroatoms. The highest BCUT2D eigenvalue weighted by atomic mass is 19.4. The Bertz CT molecular complexity index is 1140. The average Bonchev–Trinajstić information content (AvgIpc) is 3.37. The Morgan fingerprint density at radius 1 is 0.897 bits per heavy atom. The Labute approximate surface area is 163 Å². The number of rotatable bonds is 6. The third kappa shape index (κ3) is 4.18. The number of benzene rings is 1. The van der Waals surface area contributed by atoms with Gasteiger partial charge in [0.25, 0.3) is 0 Å². The van der Waals surface area contributed by atoms with Gasteiger partial charge in [0.15, 0.2) is 0 Å². The van der Waals surface area contributed by atoms with E-state index in [0.29, 0.717) is 11.1 Å². The van der Waals surface area contributed by atoms with Gasteiger partial charge in [-0.25, -0.2) is 0 Å². The highest BCUT2D eigenvalue weighted by molar-refractivity contribution is 5.85. The van der Waals surface area contributed by atoms with Crippen LogP contribution in [0.2, 0.25) is 0 Å². The SMILES string of the molecule is Cc1cc(CCCCc2cc3cc(-c4noc(C(F)(F)F)n4)cc(C)c3o2)on1. The van der Waals surface area contributed by atoms with Gasteiger partial charge in [0.1, 0.15) is 17.1 Å². The van der Waals surface area contributed by atoms with Gasteiger partial charge < -0.3 is 13.5 Å². The first-order valence-electron chi connectivity index (χ1n) is 9.16. The van der Waals surface area contributed by atoms with E-state index < -0.39 is 12.1 Å². The van der Waals surface area contributed by atoms with Crippen molar-refractivity contribution in [3.8, 4) is 11.4 Å². The monoisotopic (exact) mass is 405 g/mol. The number of hydrogen-bond acceptors (Lipinski definition) is 6. The minimum Gasteiger partial charge on any atom is -0.461 e. The van der Waals surface area contributed by atoms with Crippen LogP contribution in [0.15, 0.2) is 37.7 Å². The van der Waals surface area contributed by atoms with E-state index in [1.165, 1.54) is 0 Å². The van der Waals surface area contributed by atoms with E-state index in [1.807, 2.05) is 26.0 Å². The number of furan rings is 1. The second-order valence-corrected chi connectivity index (χ2v) is 6.99. The van der Waals surface area contributed by atoms with Gasteiger partial charge in [0.2, 0.25) is 5.82 Å². The van der Waals surface area contributed by atoms with Crippen molar-refractivity contribution < 1.29 is 26.6 Å². The van der Waals surface area contributed by atoms with Gasteiger partial charge in [-0.15, -0.1) is 0 Å². The van der Waals surface area contributed by atoms with Crippen LogP contribution < -0.4 is 0 Å². The summed E-state index contributed by atoms with van der Waals surface area (Å²) in [5, 5.41) is 8.11. The fraction of sp³-hybridized carbons (Fsp3) is 0.350. The molecule has 0 spiro atoms. The van der Waals surface area contributed by atoms with E-state index in [4.69, 9.17) is 8.94 Å². The molecule has 4 rings (SSSR count). The summed E-state index contributed by atoms with van der Waals surface area (Å²) in [5.41, 5.74) is 2.81. The molecule has 0 saturated carbocycles. The van der Waals surface area contributed by atoms with Crippen molar-refractivity contribution in [2.24, 2.45) is 0 Å². The number of alkyl halides is 3. The van der Waals surface area contributed by atoms with E-state index in [0.717, 1.165) is 53.8 Å². The summed E-state index contributed by atoms with van der Waals surface area (Å²) in [6, 6.07) is 7.22. The molecule has 29 heavy (non-hydrogen) atoms. The summed E-state index contributed by atoms with van der Waals surface area (Å²) >= 11 is 0. The van der Waals surface area contributed by atoms with Crippen molar-refractivity contribution in [1.29, 1.82) is 0 Å². The molecular weight excluding hydrogens is 387 g/mol. The van der Waals surface area contributed by atoms with Crippen LogP contribution in [0.3, 0.4) is 0 Å². The molecule has 3 heterocycles. The first-order valence-corrected chi connectivity index (χ1v) is 9.16. The number of fused-ring (bicyclic) bond motifs is 1. The molecule has 1 aromatic carbocycles. The predicted molar refractivity (Wildman–Crippen MR) is 97.1 cm³/mol. The molecular formula is C20H18F3N3O3. The maximum absolute atomic E-state index is 12.7. The smallest absolute Gasteiger partial charge is 0.461 e. The van der Waals surface area contributed by atoms with E-state index in [-0.39, 0.29) is 5.82 Å². The summed E-state index contributed by atoms with van der Waals surface area (Å²) in [6.45, 7) is 3.71. The standard InChI is InChI=1S/C20H18F3N3O3/c1-11-7-14(18-24-19(29-26-18)20(21,22)23)9-13-10-15(27-17(11)13)5-3-4-6-16-8-12(2)25-28-16/h7-10H,3-6H2,1-2H3. The second kappa shape index (κ2) is 7.38. The van der Waals surface area contributed by atoms with Crippen LogP contribution in [0, 0.1) is 13.8 Å². The maximum atomic E-state index is 12.7. The maximum Gasteiger partial charge on any atom is 0.471 e. The molecule has 0 atom stereocenters. The van der Waals surface area contributed by atoms with E-state index >= 15 is 0 Å². The van der Waals surface area contributed by atoms with Crippen LogP contribution in [0.5, 0.6) is 0 Å². The minimum absolute atomic E-state index is 0.104. The molecule has 0 bridgehead atoms. The number of aryl methyl sites for hydroxylation is 4. The zero-order valence-electron chi connectivity index (χ0n) is 15.8. The van der Waals surface area contributed by atoms with Gasteiger partial charge in [-0.05, 0) is 50.5 Å². The fourth-order valence-electron chi connectivity index (χ4n) is 3.22. The molecule has 6 nitrogen and oxygen atoms in total. The lowest BCUT2D eigenvalue weighted by atomic mass is 10.1. The molecule has 0 fully saturated rings. The lowest BCUT2D eigenvalue weighted by Gasteiger charge is -1.99. The number of aromatic nitrogens is 3. The molecule has 0 saturated heterocycles. The largest absolute Gasteiger partial charge is 0.471 e. The molecule has 0 aliphatic rings. The Morgan fingerprint density at radius 2 is 1.66 bits per heavy atom. The lowest BCUT2D eigenvalue weighted by molar-refractivity contribution is -0.159. The molecule has 0 amide bonds. The Balaban J connectivity index is 1.47. The van der Waals surface area contributed by atoms with E-state index in [9.17, 15) is 13.2 Å². The van der Waals surface area contributed by atoms with Crippen LogP contribution >= 0.6 is 0 Å². The Kier molecular flexibility index (Phi) is 4.89. The topological polar surface area (TPSA) is 78.1 Å². The van der Waals surface area contributed by atoms with Gasteiger partial charge >= 0.3 is 12.1 Å². The normalized spacial score (nSPS) is 12.2. The van der Waals surface area contributed by atoms with E-state index in [1.54, 1.807) is 12.1 Å². The highest BCUT2D eigenvalue weighted by Gasteiger charge is 2.38. The quantitative estimate of drug-likeness (QED) is 0.385. The number of hydrogen-bond donors (Lipinski definition) is 0. The van der Waals surface area contributed by atoms with Crippen molar-refractivity contribution in [1.82, 2.24) is 15.3 Å². The first kappa shape index (κ1) is 19.2. The fourth-order valence-corrected chi connectivity index (χ4v) is 3.22. The summed E-state index contributed by atoms with van der Waals surface area (Å²) in [4.78, 5) is 3.45. The van der Waals surface area contributed by atoms with Gasteiger partial charge in [-0.1, -0.05) is 10.3 Å². The van der Waals surface area contributed by atoms with Crippen molar-refractivity contribution >= 4 is 11.0 Å². The van der Waals surface area contributed by atoms with Crippen LogP contribution in [0.25, 0.3) is 22.4 Å². The summed E-state index contributed by atoms with van der Waals surface area (Å²) < 4.78 is 53.5. The van der Waals surface area contributed by atoms with Crippen LogP contribution in [0.1, 0.15) is 41.5 Å². The molecule has 0 unspecified atom stereocenters. The van der Waals surface area contributed by atoms with E-state index in [2.05, 4.69) is 19.8 Å². The molecule has 4 aromatic rings. The van der Waals surface area contributed by atoms with Crippen LogP contribution in [-0.2, 0) is 19.0 Å². The van der Waals surface area contributed by atoms with Gasteiger partial charge in [-0.3, -0.25) is 0 Å². The summed E-state index contributed by atoms with van der Waals surface area (Å²) in [6.07, 6.45) is -1.28. The number of unbranched alkanes of at least 4 members (excludes halogenated alkanes) is 1. The lowest BCUT2D eigenvalue weighted by Crippen LogP contribution is -2.04. The number of nitrogens with zero attached hydrogens (tertiary/aromatic N) is 3. The third-order valence-electron chi connectivity index (χ3n) is 4.55. The van der Waals surface area contributed by atoms with Crippen molar-refractivity contribution in [3.63, 3.8) is 0 Å². The zero-order chi connectivity index (χ0) is 20.6. The highest BCUT2D eigenvalue weighted by Crippen LogP contribution is 2.32. The van der Waals surface area contributed by atoms with Crippen LogP contribution in [0.4, 0.5) is 13.2 Å². The summed E-state index contributed by atoms with van der Waals surface area (Å²) in [7, 11) is 0. The average molecular weight is 405 g/mol. The van der Waals surface area contributed by atoms with Crippen molar-refractivity contribution in [2.45, 2.75) is 45.7 Å². The number of halogens is 3. The summed E-state index contributed by atoms with van der Waals surface area (Å²) in [5.74, 6) is 0.219. The Morgan fingerprint density at radius 3 is 2.31 bits per heavy atom. The molecule has 0 radical (unpaired) electrons. The van der Waals surface area contributed by atoms with Crippen LogP contribution in [-0.4, -0.2) is 15.3 Å². The van der Waals surface area contributed by atoms with Gasteiger partial charge in [0, 0.05) is 29.9 Å². The molecule has 152 valence electrons. The van der Waals surface area contributed by atoms with Gasteiger partial charge in [-0.2, -0.15) is 18.2 Å². The minimum atomic E-state index is -4.67. The first-order chi connectivity index (χ1) is 13.8. The molecule has 0 aliphatic heterocycles. The second-order valence-electron chi connectivity index (χ2n) is 6.99. The Hall–Kier alpha value is -3.10. The van der Waals surface area contributed by atoms with Crippen molar-refractivity contribution in [3.05, 3.63) is 52.9 Å². The van der Waals surface area contributed by atoms with Gasteiger partial charge in [0.05, 0.1) is 5.69 Å². The third-order valence-corrected chi connectivity index (χ3v) is 4.55.